The first kappa shape index (κ1) is 14.2. The molecule has 17 heavy (non-hydrogen) atoms. The molecule has 0 aromatic rings. The van der Waals surface area contributed by atoms with Gasteiger partial charge in [-0.3, -0.25) is 4.79 Å². The molecule has 0 bridgehead atoms. The van der Waals surface area contributed by atoms with Crippen molar-refractivity contribution in [1.29, 1.82) is 0 Å². The van der Waals surface area contributed by atoms with Crippen LogP contribution in [0.15, 0.2) is 11.6 Å². The predicted molar refractivity (Wildman–Crippen MR) is 71.9 cm³/mol. The number of carbonyl (C=O) groups excluding carboxylic acids is 1. The predicted octanol–water partition coefficient (Wildman–Crippen LogP) is 2.38. The topological polar surface area (TPSA) is 41.1 Å². The Morgan fingerprint density at radius 2 is 2.24 bits per heavy atom. The van der Waals surface area contributed by atoms with E-state index < -0.39 is 0 Å². The van der Waals surface area contributed by atoms with Crippen LogP contribution >= 0.6 is 0 Å². The van der Waals surface area contributed by atoms with E-state index in [4.69, 9.17) is 0 Å². The first-order valence-corrected chi connectivity index (χ1v) is 6.73. The summed E-state index contributed by atoms with van der Waals surface area (Å²) in [4.78, 5) is 11.6. The van der Waals surface area contributed by atoms with E-state index in [0.717, 1.165) is 19.4 Å². The fourth-order valence-electron chi connectivity index (χ4n) is 1.93. The maximum Gasteiger partial charge on any atom is 0.234 e. The van der Waals surface area contributed by atoms with Crippen molar-refractivity contribution in [3.05, 3.63) is 11.6 Å². The lowest BCUT2D eigenvalue weighted by atomic mass is 10.0. The molecule has 1 amide bonds. The van der Waals surface area contributed by atoms with Crippen LogP contribution < -0.4 is 10.6 Å². The van der Waals surface area contributed by atoms with Gasteiger partial charge in [-0.15, -0.1) is 0 Å². The standard InChI is InChI=1S/C14H26N2O/c1-4-14(2,3)16-13(17)11-15-10-9-12-7-5-6-8-12/h7,15H,4-6,8-11H2,1-3H3,(H,16,17). The maximum atomic E-state index is 11.6. The molecule has 0 radical (unpaired) electrons. The van der Waals surface area contributed by atoms with Crippen molar-refractivity contribution in [3.8, 4) is 0 Å². The van der Waals surface area contributed by atoms with E-state index in [1.807, 2.05) is 13.8 Å². The summed E-state index contributed by atoms with van der Waals surface area (Å²) in [5, 5.41) is 6.22. The third-order valence-electron chi connectivity index (χ3n) is 3.41. The Hall–Kier alpha value is -0.830. The highest BCUT2D eigenvalue weighted by Gasteiger charge is 2.17. The van der Waals surface area contributed by atoms with Gasteiger partial charge in [-0.1, -0.05) is 18.6 Å². The molecule has 1 aliphatic rings. The van der Waals surface area contributed by atoms with Crippen LogP contribution in [0.25, 0.3) is 0 Å². The molecule has 2 N–H and O–H groups in total. The number of hydrogen-bond donors (Lipinski definition) is 2. The highest BCUT2D eigenvalue weighted by atomic mass is 16.2. The second kappa shape index (κ2) is 6.80. The SMILES string of the molecule is CCC(C)(C)NC(=O)CNCCC1=CCCC1. The number of amides is 1. The lowest BCUT2D eigenvalue weighted by molar-refractivity contribution is -0.121. The van der Waals surface area contributed by atoms with E-state index in [2.05, 4.69) is 23.6 Å². The fourth-order valence-corrected chi connectivity index (χ4v) is 1.93. The largest absolute Gasteiger partial charge is 0.350 e. The van der Waals surface area contributed by atoms with Gasteiger partial charge >= 0.3 is 0 Å². The Labute approximate surface area is 105 Å². The van der Waals surface area contributed by atoms with Gasteiger partial charge < -0.3 is 10.6 Å². The van der Waals surface area contributed by atoms with Gasteiger partial charge in [0.1, 0.15) is 0 Å². The minimum Gasteiger partial charge on any atom is -0.350 e. The van der Waals surface area contributed by atoms with Crippen molar-refractivity contribution in [2.24, 2.45) is 0 Å². The molecule has 0 saturated carbocycles. The number of nitrogens with one attached hydrogen (secondary N) is 2. The first-order valence-electron chi connectivity index (χ1n) is 6.73. The number of carbonyl (C=O) groups is 1. The summed E-state index contributed by atoms with van der Waals surface area (Å²) in [5.41, 5.74) is 1.46. The molecule has 0 atom stereocenters. The number of rotatable bonds is 7. The maximum absolute atomic E-state index is 11.6. The van der Waals surface area contributed by atoms with E-state index in [-0.39, 0.29) is 11.4 Å². The molecule has 0 aromatic heterocycles. The van der Waals surface area contributed by atoms with Crippen molar-refractivity contribution in [2.45, 2.75) is 58.4 Å². The second-order valence-electron chi connectivity index (χ2n) is 5.47. The molecule has 0 spiro atoms. The average molecular weight is 238 g/mol. The highest BCUT2D eigenvalue weighted by Crippen LogP contribution is 2.19. The second-order valence-corrected chi connectivity index (χ2v) is 5.47. The van der Waals surface area contributed by atoms with Gasteiger partial charge in [0.25, 0.3) is 0 Å². The van der Waals surface area contributed by atoms with Gasteiger partial charge in [0.15, 0.2) is 0 Å². The minimum atomic E-state index is -0.0905. The lowest BCUT2D eigenvalue weighted by Crippen LogP contribution is -2.46. The summed E-state index contributed by atoms with van der Waals surface area (Å²) in [6.07, 6.45) is 8.16. The minimum absolute atomic E-state index is 0.0905. The van der Waals surface area contributed by atoms with Crippen LogP contribution in [0, 0.1) is 0 Å². The van der Waals surface area contributed by atoms with Gasteiger partial charge in [0.05, 0.1) is 6.54 Å². The normalized spacial score (nSPS) is 15.8. The molecule has 3 heteroatoms. The third kappa shape index (κ3) is 5.87. The van der Waals surface area contributed by atoms with Gasteiger partial charge in [0.2, 0.25) is 5.91 Å². The van der Waals surface area contributed by atoms with Gasteiger partial charge in [-0.05, 0) is 52.5 Å². The van der Waals surface area contributed by atoms with Gasteiger partial charge in [-0.25, -0.2) is 0 Å². The van der Waals surface area contributed by atoms with Crippen molar-refractivity contribution >= 4 is 5.91 Å². The van der Waals surface area contributed by atoms with Crippen LogP contribution in [0.1, 0.15) is 52.9 Å². The zero-order valence-electron chi connectivity index (χ0n) is 11.4. The van der Waals surface area contributed by atoms with Crippen LogP contribution in [-0.2, 0) is 4.79 Å². The zero-order chi connectivity index (χ0) is 12.7. The molecule has 0 aromatic carbocycles. The summed E-state index contributed by atoms with van der Waals surface area (Å²) in [6.45, 7) is 7.52. The fraction of sp³-hybridized carbons (Fsp3) is 0.786. The molecular formula is C14H26N2O. The molecule has 0 fully saturated rings. The first-order chi connectivity index (χ1) is 8.03. The van der Waals surface area contributed by atoms with Crippen LogP contribution in [0.3, 0.4) is 0 Å². The Morgan fingerprint density at radius 1 is 1.47 bits per heavy atom. The molecule has 3 nitrogen and oxygen atoms in total. The van der Waals surface area contributed by atoms with Crippen LogP contribution in [0.5, 0.6) is 0 Å². The molecule has 0 unspecified atom stereocenters. The van der Waals surface area contributed by atoms with Crippen LogP contribution in [-0.4, -0.2) is 24.5 Å². The van der Waals surface area contributed by atoms with E-state index in [1.54, 1.807) is 5.57 Å². The number of hydrogen-bond acceptors (Lipinski definition) is 2. The molecule has 0 saturated heterocycles. The Morgan fingerprint density at radius 3 is 2.82 bits per heavy atom. The Balaban J connectivity index is 2.07. The van der Waals surface area contributed by atoms with Crippen molar-refractivity contribution in [1.82, 2.24) is 10.6 Å². The smallest absolute Gasteiger partial charge is 0.234 e. The summed E-state index contributed by atoms with van der Waals surface area (Å²) in [5.74, 6) is 0.0947. The highest BCUT2D eigenvalue weighted by molar-refractivity contribution is 5.78. The summed E-state index contributed by atoms with van der Waals surface area (Å²) in [7, 11) is 0. The van der Waals surface area contributed by atoms with E-state index in [0.29, 0.717) is 6.54 Å². The summed E-state index contributed by atoms with van der Waals surface area (Å²) in [6, 6.07) is 0. The Kier molecular flexibility index (Phi) is 5.69. The molecule has 1 aliphatic carbocycles. The summed E-state index contributed by atoms with van der Waals surface area (Å²) >= 11 is 0. The van der Waals surface area contributed by atoms with Crippen LogP contribution in [0.2, 0.25) is 0 Å². The van der Waals surface area contributed by atoms with Crippen molar-refractivity contribution < 1.29 is 4.79 Å². The van der Waals surface area contributed by atoms with E-state index in [1.165, 1.54) is 19.3 Å². The van der Waals surface area contributed by atoms with E-state index >= 15 is 0 Å². The third-order valence-corrected chi connectivity index (χ3v) is 3.41. The summed E-state index contributed by atoms with van der Waals surface area (Å²) < 4.78 is 0. The van der Waals surface area contributed by atoms with Crippen LogP contribution in [0.4, 0.5) is 0 Å². The molecular weight excluding hydrogens is 212 g/mol. The monoisotopic (exact) mass is 238 g/mol. The lowest BCUT2D eigenvalue weighted by Gasteiger charge is -2.24. The van der Waals surface area contributed by atoms with Gasteiger partial charge in [0, 0.05) is 5.54 Å². The molecule has 0 heterocycles. The average Bonchev–Trinajstić information content (AvgIpc) is 2.77. The molecule has 0 aliphatic heterocycles. The quantitative estimate of drug-likeness (QED) is 0.528. The van der Waals surface area contributed by atoms with Crippen molar-refractivity contribution in [2.75, 3.05) is 13.1 Å². The number of allylic oxidation sites excluding steroid dienone is 1. The molecule has 98 valence electrons. The van der Waals surface area contributed by atoms with Gasteiger partial charge in [-0.2, -0.15) is 0 Å². The molecule has 1 rings (SSSR count). The Bertz CT molecular complexity index is 282. The van der Waals surface area contributed by atoms with E-state index in [9.17, 15) is 4.79 Å². The zero-order valence-corrected chi connectivity index (χ0v) is 11.4. The van der Waals surface area contributed by atoms with Crippen molar-refractivity contribution in [3.63, 3.8) is 0 Å².